The number of benzene rings is 1. The van der Waals surface area contributed by atoms with Gasteiger partial charge in [0.15, 0.2) is 5.82 Å². The smallest absolute Gasteiger partial charge is 0.216 e. The van der Waals surface area contributed by atoms with Crippen LogP contribution in [0.5, 0.6) is 0 Å². The van der Waals surface area contributed by atoms with Crippen molar-refractivity contribution in [1.29, 1.82) is 0 Å². The summed E-state index contributed by atoms with van der Waals surface area (Å²) in [6.07, 6.45) is 1.63. The molecule has 0 aliphatic heterocycles. The van der Waals surface area contributed by atoms with E-state index in [0.717, 1.165) is 16.9 Å². The number of aromatic nitrogens is 3. The van der Waals surface area contributed by atoms with Gasteiger partial charge in [-0.3, -0.25) is 0 Å². The lowest BCUT2D eigenvalue weighted by Crippen LogP contribution is -1.96. The van der Waals surface area contributed by atoms with E-state index >= 15 is 0 Å². The number of aromatic amines is 1. The normalized spacial score (nSPS) is 11.3. The summed E-state index contributed by atoms with van der Waals surface area (Å²) < 4.78 is 7.49. The van der Waals surface area contributed by atoms with E-state index in [1.807, 2.05) is 50.2 Å². The zero-order valence-electron chi connectivity index (χ0n) is 11.7. The fraction of sp³-hybridized carbons (Fsp3) is 0.133. The average Bonchev–Trinajstić information content (AvgIpc) is 3.04. The van der Waals surface area contributed by atoms with E-state index in [0.29, 0.717) is 16.4 Å². The second kappa shape index (κ2) is 5.49. The molecule has 0 saturated carbocycles. The maximum atomic E-state index is 5.46. The van der Waals surface area contributed by atoms with E-state index in [4.69, 9.17) is 16.6 Å². The molecule has 6 heteroatoms. The van der Waals surface area contributed by atoms with Gasteiger partial charge in [0.05, 0.1) is 6.21 Å². The molecule has 21 heavy (non-hydrogen) atoms. The van der Waals surface area contributed by atoms with Gasteiger partial charge in [-0.25, -0.2) is 5.10 Å². The van der Waals surface area contributed by atoms with Crippen LogP contribution in [0.2, 0.25) is 0 Å². The van der Waals surface area contributed by atoms with E-state index in [9.17, 15) is 0 Å². The Morgan fingerprint density at radius 3 is 2.76 bits per heavy atom. The van der Waals surface area contributed by atoms with Crippen LogP contribution in [0.15, 0.2) is 45.9 Å². The van der Waals surface area contributed by atoms with E-state index < -0.39 is 0 Å². The molecule has 0 spiro atoms. The SMILES string of the molecule is Cc1ccc(/C=N/n2c(-c3ccccc3C)n[nH]c2=S)o1. The van der Waals surface area contributed by atoms with Crippen LogP contribution in [0.1, 0.15) is 17.1 Å². The zero-order chi connectivity index (χ0) is 14.8. The quantitative estimate of drug-likeness (QED) is 0.592. The lowest BCUT2D eigenvalue weighted by atomic mass is 10.1. The van der Waals surface area contributed by atoms with Gasteiger partial charge in [0.25, 0.3) is 0 Å². The minimum Gasteiger partial charge on any atom is -0.460 e. The first-order valence-corrected chi connectivity index (χ1v) is 6.90. The van der Waals surface area contributed by atoms with Crippen LogP contribution in [0.3, 0.4) is 0 Å². The molecule has 0 atom stereocenters. The molecule has 0 aliphatic carbocycles. The number of rotatable bonds is 3. The first-order valence-electron chi connectivity index (χ1n) is 6.49. The molecule has 0 fully saturated rings. The molecular formula is C15H14N4OS. The fourth-order valence-corrected chi connectivity index (χ4v) is 2.21. The summed E-state index contributed by atoms with van der Waals surface area (Å²) in [5.41, 5.74) is 2.09. The maximum absolute atomic E-state index is 5.46. The van der Waals surface area contributed by atoms with Gasteiger partial charge < -0.3 is 4.42 Å². The van der Waals surface area contributed by atoms with Crippen LogP contribution in [0.25, 0.3) is 11.4 Å². The highest BCUT2D eigenvalue weighted by atomic mass is 32.1. The van der Waals surface area contributed by atoms with Gasteiger partial charge in [0.2, 0.25) is 4.77 Å². The number of furan rings is 1. The molecule has 2 aromatic heterocycles. The molecule has 0 aliphatic rings. The molecule has 0 saturated heterocycles. The monoisotopic (exact) mass is 298 g/mol. The molecule has 106 valence electrons. The van der Waals surface area contributed by atoms with Crippen LogP contribution in [0.4, 0.5) is 0 Å². The highest BCUT2D eigenvalue weighted by Crippen LogP contribution is 2.21. The Labute approximate surface area is 126 Å². The Bertz CT molecular complexity index is 856. The van der Waals surface area contributed by atoms with E-state index in [1.54, 1.807) is 10.9 Å². The Hall–Kier alpha value is -2.47. The van der Waals surface area contributed by atoms with Crippen molar-refractivity contribution >= 4 is 18.4 Å². The Kier molecular flexibility index (Phi) is 3.53. The highest BCUT2D eigenvalue weighted by Gasteiger charge is 2.10. The van der Waals surface area contributed by atoms with Crippen LogP contribution >= 0.6 is 12.2 Å². The molecule has 2 heterocycles. The van der Waals surface area contributed by atoms with E-state index in [2.05, 4.69) is 15.3 Å². The van der Waals surface area contributed by atoms with Gasteiger partial charge in [-0.2, -0.15) is 14.9 Å². The summed E-state index contributed by atoms with van der Waals surface area (Å²) in [7, 11) is 0. The molecule has 1 N–H and O–H groups in total. The van der Waals surface area contributed by atoms with Crippen molar-refractivity contribution in [2.24, 2.45) is 5.10 Å². The van der Waals surface area contributed by atoms with E-state index in [1.165, 1.54) is 0 Å². The van der Waals surface area contributed by atoms with Crippen molar-refractivity contribution in [3.05, 3.63) is 58.3 Å². The minimum absolute atomic E-state index is 0.438. The molecule has 0 radical (unpaired) electrons. The molecule has 0 bridgehead atoms. The summed E-state index contributed by atoms with van der Waals surface area (Å²) in [6.45, 7) is 3.91. The van der Waals surface area contributed by atoms with Crippen molar-refractivity contribution in [3.63, 3.8) is 0 Å². The predicted molar refractivity (Wildman–Crippen MR) is 84.0 cm³/mol. The number of aryl methyl sites for hydroxylation is 2. The fourth-order valence-electron chi connectivity index (χ4n) is 2.03. The Morgan fingerprint density at radius 2 is 2.05 bits per heavy atom. The third kappa shape index (κ3) is 2.71. The average molecular weight is 298 g/mol. The second-order valence-electron chi connectivity index (χ2n) is 4.67. The minimum atomic E-state index is 0.438. The molecule has 0 amide bonds. The van der Waals surface area contributed by atoms with E-state index in [-0.39, 0.29) is 0 Å². The third-order valence-electron chi connectivity index (χ3n) is 3.10. The lowest BCUT2D eigenvalue weighted by Gasteiger charge is -2.03. The summed E-state index contributed by atoms with van der Waals surface area (Å²) >= 11 is 5.24. The molecule has 0 unspecified atom stereocenters. The number of nitrogens with one attached hydrogen (secondary N) is 1. The van der Waals surface area contributed by atoms with Gasteiger partial charge in [-0.1, -0.05) is 24.3 Å². The topological polar surface area (TPSA) is 59.1 Å². The van der Waals surface area contributed by atoms with Crippen molar-refractivity contribution in [2.45, 2.75) is 13.8 Å². The van der Waals surface area contributed by atoms with Crippen LogP contribution in [-0.2, 0) is 0 Å². The molecule has 3 aromatic rings. The molecule has 5 nitrogen and oxygen atoms in total. The Morgan fingerprint density at radius 1 is 1.24 bits per heavy atom. The summed E-state index contributed by atoms with van der Waals surface area (Å²) in [6, 6.07) is 11.7. The molecule has 1 aromatic carbocycles. The third-order valence-corrected chi connectivity index (χ3v) is 3.36. The van der Waals surface area contributed by atoms with Crippen LogP contribution < -0.4 is 0 Å². The maximum Gasteiger partial charge on any atom is 0.216 e. The van der Waals surface area contributed by atoms with Crippen molar-refractivity contribution in [1.82, 2.24) is 14.9 Å². The number of hydrogen-bond acceptors (Lipinski definition) is 4. The number of hydrogen-bond donors (Lipinski definition) is 1. The number of nitrogens with zero attached hydrogens (tertiary/aromatic N) is 3. The van der Waals surface area contributed by atoms with Gasteiger partial charge >= 0.3 is 0 Å². The van der Waals surface area contributed by atoms with Crippen molar-refractivity contribution < 1.29 is 4.42 Å². The van der Waals surface area contributed by atoms with Crippen molar-refractivity contribution in [3.8, 4) is 11.4 Å². The first-order chi connectivity index (χ1) is 10.1. The van der Waals surface area contributed by atoms with Crippen LogP contribution in [-0.4, -0.2) is 21.1 Å². The van der Waals surface area contributed by atoms with Gasteiger partial charge in [0, 0.05) is 5.56 Å². The summed E-state index contributed by atoms with van der Waals surface area (Å²) in [5, 5.41) is 11.4. The van der Waals surface area contributed by atoms with Crippen molar-refractivity contribution in [2.75, 3.05) is 0 Å². The lowest BCUT2D eigenvalue weighted by molar-refractivity contribution is 0.527. The standard InChI is InChI=1S/C15H14N4OS/c1-10-5-3-4-6-13(10)14-17-18-15(21)19(14)16-9-12-8-7-11(2)20-12/h3-9H,1-2H3,(H,18,21)/b16-9+. The number of H-pyrrole nitrogens is 1. The molecule has 3 rings (SSSR count). The largest absolute Gasteiger partial charge is 0.460 e. The highest BCUT2D eigenvalue weighted by molar-refractivity contribution is 7.71. The second-order valence-corrected chi connectivity index (χ2v) is 5.06. The summed E-state index contributed by atoms with van der Waals surface area (Å²) in [5.74, 6) is 2.19. The Balaban J connectivity index is 2.04. The van der Waals surface area contributed by atoms with Gasteiger partial charge in [-0.05, 0) is 43.8 Å². The van der Waals surface area contributed by atoms with Crippen LogP contribution in [0, 0.1) is 18.6 Å². The zero-order valence-corrected chi connectivity index (χ0v) is 12.5. The van der Waals surface area contributed by atoms with Gasteiger partial charge in [0.1, 0.15) is 11.5 Å². The molecular weight excluding hydrogens is 284 g/mol. The predicted octanol–water partition coefficient (Wildman–Crippen LogP) is 3.70. The van der Waals surface area contributed by atoms with Gasteiger partial charge in [-0.15, -0.1) is 0 Å². The first kappa shape index (κ1) is 13.5. The summed E-state index contributed by atoms with van der Waals surface area (Å²) in [4.78, 5) is 0.